The highest BCUT2D eigenvalue weighted by atomic mass is 19.4. The Bertz CT molecular complexity index is 1130. The summed E-state index contributed by atoms with van der Waals surface area (Å²) in [6, 6.07) is 14.6. The zero-order valence-corrected chi connectivity index (χ0v) is 19.3. The zero-order valence-electron chi connectivity index (χ0n) is 19.3. The molecule has 0 unspecified atom stereocenters. The second-order valence-corrected chi connectivity index (χ2v) is 8.06. The van der Waals surface area contributed by atoms with E-state index in [9.17, 15) is 22.8 Å². The molecule has 0 fully saturated rings. The Balaban J connectivity index is 1.65. The maximum atomic E-state index is 13.1. The number of hydrogen-bond donors (Lipinski definition) is 1. The van der Waals surface area contributed by atoms with Gasteiger partial charge < -0.3 is 24.3 Å². The van der Waals surface area contributed by atoms with Crippen LogP contribution in [-0.2, 0) is 17.5 Å². The molecule has 2 amide bonds. The minimum atomic E-state index is -4.46. The fourth-order valence-electron chi connectivity index (χ4n) is 3.18. The Labute approximate surface area is 201 Å². The van der Waals surface area contributed by atoms with Crippen LogP contribution in [0.5, 0.6) is 5.75 Å². The third kappa shape index (κ3) is 7.89. The van der Waals surface area contributed by atoms with E-state index in [2.05, 4.69) is 5.32 Å². The summed E-state index contributed by atoms with van der Waals surface area (Å²) < 4.78 is 49.9. The SMILES string of the molecule is CN(C)CCN(Cc1cccc(C(F)(F)F)c1)C(=O)COc1cccc(NC(=O)c2ccco2)c1. The monoisotopic (exact) mass is 489 g/mol. The summed E-state index contributed by atoms with van der Waals surface area (Å²) in [7, 11) is 3.68. The van der Waals surface area contributed by atoms with E-state index >= 15 is 0 Å². The maximum absolute atomic E-state index is 13.1. The van der Waals surface area contributed by atoms with Gasteiger partial charge in [-0.15, -0.1) is 0 Å². The van der Waals surface area contributed by atoms with Gasteiger partial charge in [0.25, 0.3) is 11.8 Å². The van der Waals surface area contributed by atoms with E-state index in [1.165, 1.54) is 23.3 Å². The number of benzene rings is 2. The highest BCUT2D eigenvalue weighted by Gasteiger charge is 2.30. The average molecular weight is 489 g/mol. The molecule has 0 aliphatic carbocycles. The van der Waals surface area contributed by atoms with Crippen LogP contribution in [0.2, 0.25) is 0 Å². The predicted molar refractivity (Wildman–Crippen MR) is 124 cm³/mol. The standard InChI is InChI=1S/C25H26F3N3O4/c1-30(2)11-12-31(16-18-6-3-7-19(14-18)25(26,27)28)23(32)17-35-21-9-4-8-20(15-21)29-24(33)22-10-5-13-34-22/h3-10,13-15H,11-12,16-17H2,1-2H3,(H,29,33). The Morgan fingerprint density at radius 1 is 1.00 bits per heavy atom. The molecule has 0 saturated carbocycles. The molecule has 35 heavy (non-hydrogen) atoms. The number of anilines is 1. The summed E-state index contributed by atoms with van der Waals surface area (Å²) in [6.07, 6.45) is -3.07. The zero-order chi connectivity index (χ0) is 25.4. The van der Waals surface area contributed by atoms with Crippen molar-refractivity contribution in [2.45, 2.75) is 12.7 Å². The number of furan rings is 1. The van der Waals surface area contributed by atoms with Gasteiger partial charge in [0.15, 0.2) is 12.4 Å². The van der Waals surface area contributed by atoms with Crippen molar-refractivity contribution in [1.82, 2.24) is 9.80 Å². The first-order valence-corrected chi connectivity index (χ1v) is 10.8. The summed E-state index contributed by atoms with van der Waals surface area (Å²) in [5.41, 5.74) is 0.0546. The van der Waals surface area contributed by atoms with Crippen LogP contribution in [0.4, 0.5) is 18.9 Å². The smallest absolute Gasteiger partial charge is 0.416 e. The van der Waals surface area contributed by atoms with E-state index in [0.717, 1.165) is 12.1 Å². The average Bonchev–Trinajstić information content (AvgIpc) is 3.35. The second-order valence-electron chi connectivity index (χ2n) is 8.06. The topological polar surface area (TPSA) is 75.0 Å². The number of halogens is 3. The Morgan fingerprint density at radius 3 is 2.46 bits per heavy atom. The molecule has 3 aromatic rings. The highest BCUT2D eigenvalue weighted by Crippen LogP contribution is 2.29. The van der Waals surface area contributed by atoms with Crippen molar-refractivity contribution in [3.05, 3.63) is 83.8 Å². The van der Waals surface area contributed by atoms with E-state index in [1.54, 1.807) is 36.4 Å². The normalized spacial score (nSPS) is 11.4. The Morgan fingerprint density at radius 2 is 1.77 bits per heavy atom. The van der Waals surface area contributed by atoms with Gasteiger partial charge in [0.05, 0.1) is 11.8 Å². The van der Waals surface area contributed by atoms with Crippen LogP contribution in [0.3, 0.4) is 0 Å². The molecule has 1 N–H and O–H groups in total. The summed E-state index contributed by atoms with van der Waals surface area (Å²) in [6.45, 7) is 0.533. The van der Waals surface area contributed by atoms with E-state index < -0.39 is 17.6 Å². The molecule has 7 nitrogen and oxygen atoms in total. The number of amides is 2. The molecule has 1 aromatic heterocycles. The number of hydrogen-bond acceptors (Lipinski definition) is 5. The van der Waals surface area contributed by atoms with Gasteiger partial charge in [0.1, 0.15) is 5.75 Å². The van der Waals surface area contributed by atoms with Crippen LogP contribution in [0.25, 0.3) is 0 Å². The van der Waals surface area contributed by atoms with Crippen LogP contribution in [0, 0.1) is 0 Å². The van der Waals surface area contributed by atoms with Crippen molar-refractivity contribution < 1.29 is 31.9 Å². The lowest BCUT2D eigenvalue weighted by atomic mass is 10.1. The number of ether oxygens (including phenoxy) is 1. The van der Waals surface area contributed by atoms with Gasteiger partial charge in [-0.3, -0.25) is 9.59 Å². The van der Waals surface area contributed by atoms with Gasteiger partial charge in [-0.2, -0.15) is 13.2 Å². The Kier molecular flexibility index (Phi) is 8.53. The molecular formula is C25H26F3N3O4. The molecule has 0 bridgehead atoms. The van der Waals surface area contributed by atoms with E-state index in [4.69, 9.17) is 9.15 Å². The number of carbonyl (C=O) groups excluding carboxylic acids is 2. The van der Waals surface area contributed by atoms with Gasteiger partial charge in [-0.05, 0) is 56.1 Å². The van der Waals surface area contributed by atoms with Crippen molar-refractivity contribution >= 4 is 17.5 Å². The van der Waals surface area contributed by atoms with E-state index in [-0.39, 0.29) is 24.8 Å². The van der Waals surface area contributed by atoms with Gasteiger partial charge in [-0.1, -0.05) is 18.2 Å². The third-order valence-electron chi connectivity index (χ3n) is 5.00. The van der Waals surface area contributed by atoms with E-state index in [0.29, 0.717) is 30.1 Å². The van der Waals surface area contributed by atoms with Crippen molar-refractivity contribution in [3.8, 4) is 5.75 Å². The summed E-state index contributed by atoms with van der Waals surface area (Å²) in [5.74, 6) is -0.312. The second kappa shape index (κ2) is 11.6. The maximum Gasteiger partial charge on any atom is 0.416 e. The minimum absolute atomic E-state index is 0.0131. The number of nitrogens with one attached hydrogen (secondary N) is 1. The number of nitrogens with zero attached hydrogens (tertiary/aromatic N) is 2. The molecule has 0 radical (unpaired) electrons. The first-order valence-electron chi connectivity index (χ1n) is 10.8. The highest BCUT2D eigenvalue weighted by molar-refractivity contribution is 6.02. The molecule has 10 heteroatoms. The molecule has 3 rings (SSSR count). The lowest BCUT2D eigenvalue weighted by molar-refractivity contribution is -0.137. The summed E-state index contributed by atoms with van der Waals surface area (Å²) >= 11 is 0. The van der Waals surface area contributed by atoms with Crippen LogP contribution in [0.1, 0.15) is 21.7 Å². The molecule has 1 heterocycles. The fourth-order valence-corrected chi connectivity index (χ4v) is 3.18. The molecular weight excluding hydrogens is 463 g/mol. The number of alkyl halides is 3. The van der Waals surface area contributed by atoms with Gasteiger partial charge in [0, 0.05) is 31.4 Å². The molecule has 0 aliphatic heterocycles. The number of carbonyl (C=O) groups is 2. The van der Waals surface area contributed by atoms with Crippen molar-refractivity contribution in [2.75, 3.05) is 39.1 Å². The molecule has 0 aliphatic rings. The van der Waals surface area contributed by atoms with Crippen LogP contribution in [0.15, 0.2) is 71.3 Å². The van der Waals surface area contributed by atoms with E-state index in [1.807, 2.05) is 19.0 Å². The van der Waals surface area contributed by atoms with Crippen molar-refractivity contribution in [2.24, 2.45) is 0 Å². The Hall–Kier alpha value is -3.79. The largest absolute Gasteiger partial charge is 0.484 e. The van der Waals surface area contributed by atoms with Crippen LogP contribution in [-0.4, -0.2) is 55.4 Å². The van der Waals surface area contributed by atoms with Crippen LogP contribution < -0.4 is 10.1 Å². The quantitative estimate of drug-likeness (QED) is 0.453. The molecule has 0 saturated heterocycles. The van der Waals surface area contributed by atoms with Gasteiger partial charge in [0.2, 0.25) is 0 Å². The first-order chi connectivity index (χ1) is 16.6. The van der Waals surface area contributed by atoms with Crippen molar-refractivity contribution in [3.63, 3.8) is 0 Å². The molecule has 0 spiro atoms. The van der Waals surface area contributed by atoms with Crippen LogP contribution >= 0.6 is 0 Å². The lowest BCUT2D eigenvalue weighted by Gasteiger charge is -2.25. The number of likely N-dealkylation sites (N-methyl/N-ethyl adjacent to an activating group) is 1. The molecule has 0 atom stereocenters. The van der Waals surface area contributed by atoms with Crippen molar-refractivity contribution in [1.29, 1.82) is 0 Å². The first kappa shape index (κ1) is 25.8. The fraction of sp³-hybridized carbons (Fsp3) is 0.280. The van der Waals surface area contributed by atoms with Gasteiger partial charge >= 0.3 is 6.18 Å². The summed E-state index contributed by atoms with van der Waals surface area (Å²) in [4.78, 5) is 28.4. The van der Waals surface area contributed by atoms with Gasteiger partial charge in [-0.25, -0.2) is 0 Å². The minimum Gasteiger partial charge on any atom is -0.484 e. The third-order valence-corrected chi connectivity index (χ3v) is 5.00. The summed E-state index contributed by atoms with van der Waals surface area (Å²) in [5, 5.41) is 2.67. The molecule has 2 aromatic carbocycles. The molecule has 186 valence electrons. The number of rotatable bonds is 10. The predicted octanol–water partition coefficient (Wildman–Crippen LogP) is 4.52. The lowest BCUT2D eigenvalue weighted by Crippen LogP contribution is -2.39.